The Balaban J connectivity index is 1.32. The van der Waals surface area contributed by atoms with E-state index in [1.807, 2.05) is 24.3 Å². The number of fused-ring (bicyclic) bond motifs is 1. The van der Waals surface area contributed by atoms with E-state index in [1.165, 1.54) is 42.5 Å². The second kappa shape index (κ2) is 10.1. The van der Waals surface area contributed by atoms with Gasteiger partial charge < -0.3 is 14.7 Å². The molecule has 12 heteroatoms. The summed E-state index contributed by atoms with van der Waals surface area (Å²) >= 11 is 12.2. The molecule has 0 bridgehead atoms. The second-order valence-corrected chi connectivity index (χ2v) is 9.39. The largest absolute Gasteiger partial charge is 0.471 e. The van der Waals surface area contributed by atoms with E-state index in [0.717, 1.165) is 11.1 Å². The number of hydrogen-bond acceptors (Lipinski definition) is 5. The fraction of sp³-hybridized carbons (Fsp3) is 0.154. The quantitative estimate of drug-likeness (QED) is 0.314. The molecule has 2 heterocycles. The number of hydrogen-bond donors (Lipinski definition) is 1. The molecule has 5 rings (SSSR count). The predicted octanol–water partition coefficient (Wildman–Crippen LogP) is 6.19. The van der Waals surface area contributed by atoms with Gasteiger partial charge in [-0.3, -0.25) is 9.59 Å². The average Bonchev–Trinajstić information content (AvgIpc) is 3.52. The van der Waals surface area contributed by atoms with E-state index in [1.54, 1.807) is 4.90 Å². The van der Waals surface area contributed by atoms with Crippen molar-refractivity contribution in [2.24, 2.45) is 0 Å². The zero-order chi connectivity index (χ0) is 27.0. The van der Waals surface area contributed by atoms with Crippen molar-refractivity contribution < 1.29 is 27.3 Å². The third-order valence-electron chi connectivity index (χ3n) is 6.03. The lowest BCUT2D eigenvalue weighted by Crippen LogP contribution is -2.37. The molecule has 0 fully saturated rings. The summed E-state index contributed by atoms with van der Waals surface area (Å²) in [5.74, 6) is -2.41. The summed E-state index contributed by atoms with van der Waals surface area (Å²) in [5, 5.41) is 6.85. The molecular formula is C26H17Cl2F3N4O3. The zero-order valence-electron chi connectivity index (χ0n) is 19.3. The van der Waals surface area contributed by atoms with Crippen molar-refractivity contribution in [2.45, 2.75) is 18.8 Å². The SMILES string of the molecule is O=C(NCC1c2ccccc2CN1C(=O)c1cc(Cl)cc(Cl)c1)c1ccc(-c2noc(C(F)(F)F)n2)cc1. The first-order valence-electron chi connectivity index (χ1n) is 11.2. The van der Waals surface area contributed by atoms with Gasteiger partial charge in [0, 0.05) is 39.8 Å². The van der Waals surface area contributed by atoms with Crippen LogP contribution in [0.2, 0.25) is 10.0 Å². The van der Waals surface area contributed by atoms with Gasteiger partial charge in [-0.25, -0.2) is 0 Å². The first-order valence-corrected chi connectivity index (χ1v) is 12.0. The van der Waals surface area contributed by atoms with Crippen LogP contribution in [-0.4, -0.2) is 33.4 Å². The number of carbonyl (C=O) groups excluding carboxylic acids is 2. The number of nitrogens with one attached hydrogen (secondary N) is 1. The molecule has 1 N–H and O–H groups in total. The molecule has 1 aliphatic heterocycles. The molecular weight excluding hydrogens is 544 g/mol. The van der Waals surface area contributed by atoms with Gasteiger partial charge in [-0.05, 0) is 41.5 Å². The summed E-state index contributed by atoms with van der Waals surface area (Å²) in [7, 11) is 0. The van der Waals surface area contributed by atoms with E-state index in [2.05, 4.69) is 20.0 Å². The van der Waals surface area contributed by atoms with Crippen LogP contribution in [-0.2, 0) is 12.7 Å². The van der Waals surface area contributed by atoms with Crippen molar-refractivity contribution in [3.63, 3.8) is 0 Å². The molecule has 1 atom stereocenters. The molecule has 38 heavy (non-hydrogen) atoms. The fourth-order valence-corrected chi connectivity index (χ4v) is 4.79. The fourth-order valence-electron chi connectivity index (χ4n) is 4.26. The maximum Gasteiger partial charge on any atom is 0.471 e. The highest BCUT2D eigenvalue weighted by atomic mass is 35.5. The Morgan fingerprint density at radius 3 is 2.34 bits per heavy atom. The number of nitrogens with zero attached hydrogens (tertiary/aromatic N) is 3. The van der Waals surface area contributed by atoms with Gasteiger partial charge in [-0.2, -0.15) is 18.2 Å². The summed E-state index contributed by atoms with van der Waals surface area (Å²) < 4.78 is 42.4. The number of alkyl halides is 3. The Hall–Kier alpha value is -3.89. The summed E-state index contributed by atoms with van der Waals surface area (Å²) in [4.78, 5) is 31.3. The maximum atomic E-state index is 13.4. The van der Waals surface area contributed by atoms with Crippen molar-refractivity contribution in [2.75, 3.05) is 6.54 Å². The minimum absolute atomic E-state index is 0.122. The Morgan fingerprint density at radius 2 is 1.68 bits per heavy atom. The molecule has 0 radical (unpaired) electrons. The molecule has 0 saturated carbocycles. The zero-order valence-corrected chi connectivity index (χ0v) is 20.8. The number of benzene rings is 3. The van der Waals surface area contributed by atoms with Gasteiger partial charge in [-0.15, -0.1) is 0 Å². The van der Waals surface area contributed by atoms with Crippen molar-refractivity contribution >= 4 is 35.0 Å². The Bertz CT molecular complexity index is 1500. The number of rotatable bonds is 5. The molecule has 7 nitrogen and oxygen atoms in total. The van der Waals surface area contributed by atoms with E-state index in [0.29, 0.717) is 22.2 Å². The van der Waals surface area contributed by atoms with Crippen LogP contribution in [0.3, 0.4) is 0 Å². The van der Waals surface area contributed by atoms with Crippen LogP contribution >= 0.6 is 23.2 Å². The Morgan fingerprint density at radius 1 is 1.00 bits per heavy atom. The van der Waals surface area contributed by atoms with Crippen LogP contribution in [0.4, 0.5) is 13.2 Å². The van der Waals surface area contributed by atoms with E-state index in [-0.39, 0.29) is 29.4 Å². The van der Waals surface area contributed by atoms with Crippen molar-refractivity contribution in [1.82, 2.24) is 20.4 Å². The molecule has 2 amide bonds. The van der Waals surface area contributed by atoms with Crippen molar-refractivity contribution in [1.29, 1.82) is 0 Å². The van der Waals surface area contributed by atoms with Gasteiger partial charge in [0.25, 0.3) is 11.8 Å². The molecule has 0 aliphatic carbocycles. The van der Waals surface area contributed by atoms with Gasteiger partial charge in [0.1, 0.15) is 0 Å². The number of aromatic nitrogens is 2. The van der Waals surface area contributed by atoms with E-state index in [4.69, 9.17) is 23.2 Å². The second-order valence-electron chi connectivity index (χ2n) is 8.51. The lowest BCUT2D eigenvalue weighted by Gasteiger charge is -2.26. The van der Waals surface area contributed by atoms with E-state index in [9.17, 15) is 22.8 Å². The highest BCUT2D eigenvalue weighted by molar-refractivity contribution is 6.35. The average molecular weight is 561 g/mol. The Kier molecular flexibility index (Phi) is 6.85. The van der Waals surface area contributed by atoms with Gasteiger partial charge in [0.15, 0.2) is 0 Å². The van der Waals surface area contributed by atoms with E-state index < -0.39 is 24.0 Å². The topological polar surface area (TPSA) is 88.3 Å². The normalized spacial score (nSPS) is 14.9. The van der Waals surface area contributed by atoms with Crippen molar-refractivity contribution in [3.05, 3.63) is 105 Å². The number of halogens is 5. The lowest BCUT2D eigenvalue weighted by molar-refractivity contribution is -0.159. The van der Waals surface area contributed by atoms with Crippen LogP contribution in [0.15, 0.2) is 71.3 Å². The molecule has 1 aliphatic rings. The van der Waals surface area contributed by atoms with Crippen LogP contribution < -0.4 is 5.32 Å². The van der Waals surface area contributed by atoms with E-state index >= 15 is 0 Å². The molecule has 0 saturated heterocycles. The molecule has 1 aromatic heterocycles. The predicted molar refractivity (Wildman–Crippen MR) is 133 cm³/mol. The lowest BCUT2D eigenvalue weighted by atomic mass is 10.0. The maximum absolute atomic E-state index is 13.4. The molecule has 3 aromatic carbocycles. The number of amides is 2. The smallest absolute Gasteiger partial charge is 0.350 e. The van der Waals surface area contributed by atoms with Crippen LogP contribution in [0.25, 0.3) is 11.4 Å². The molecule has 1 unspecified atom stereocenters. The number of carbonyl (C=O) groups is 2. The van der Waals surface area contributed by atoms with Gasteiger partial charge >= 0.3 is 12.1 Å². The highest BCUT2D eigenvalue weighted by Crippen LogP contribution is 2.35. The molecule has 0 spiro atoms. The summed E-state index contributed by atoms with van der Waals surface area (Å²) in [5.41, 5.74) is 2.71. The highest BCUT2D eigenvalue weighted by Gasteiger charge is 2.38. The van der Waals surface area contributed by atoms with Gasteiger partial charge in [0.05, 0.1) is 6.04 Å². The summed E-state index contributed by atoms with van der Waals surface area (Å²) in [6.45, 7) is 0.469. The first kappa shape index (κ1) is 25.7. The van der Waals surface area contributed by atoms with Gasteiger partial charge in [-0.1, -0.05) is 64.8 Å². The summed E-state index contributed by atoms with van der Waals surface area (Å²) in [6, 6.07) is 17.4. The van der Waals surface area contributed by atoms with Crippen LogP contribution in [0.1, 0.15) is 43.8 Å². The monoisotopic (exact) mass is 560 g/mol. The van der Waals surface area contributed by atoms with Crippen LogP contribution in [0, 0.1) is 0 Å². The minimum Gasteiger partial charge on any atom is -0.350 e. The third kappa shape index (κ3) is 5.23. The standard InChI is InChI=1S/C26H17Cl2F3N4O3/c27-18-9-17(10-19(28)11-18)24(37)35-13-16-3-1-2-4-20(16)21(35)12-32-23(36)15-7-5-14(6-8-15)22-33-25(38-34-22)26(29,30)31/h1-11,21H,12-13H2,(H,32,36). The minimum atomic E-state index is -4.75. The van der Waals surface area contributed by atoms with Gasteiger partial charge in [0.2, 0.25) is 5.82 Å². The first-order chi connectivity index (χ1) is 18.1. The Labute approximate surface area is 224 Å². The molecule has 194 valence electrons. The van der Waals surface area contributed by atoms with Crippen LogP contribution in [0.5, 0.6) is 0 Å². The molecule has 4 aromatic rings. The summed E-state index contributed by atoms with van der Waals surface area (Å²) in [6.07, 6.45) is -4.75. The van der Waals surface area contributed by atoms with Crippen molar-refractivity contribution in [3.8, 4) is 11.4 Å². The third-order valence-corrected chi connectivity index (χ3v) is 6.47.